The van der Waals surface area contributed by atoms with Gasteiger partial charge in [0, 0.05) is 18.8 Å². The minimum Gasteiger partial charge on any atom is -0.396 e. The van der Waals surface area contributed by atoms with Crippen LogP contribution in [0.4, 0.5) is 5.69 Å². The molecule has 1 aromatic rings. The molecule has 0 aliphatic heterocycles. The highest BCUT2D eigenvalue weighted by Gasteiger charge is 2.02. The standard InChI is InChI=1S/C14H23NO/c1-3-9-15-14-11-12(2)7-8-13(14)6-4-5-10-16/h7-8,11,15-16H,3-6,9-10H2,1-2H3. The molecule has 2 nitrogen and oxygen atoms in total. The van der Waals surface area contributed by atoms with E-state index in [0.717, 1.165) is 32.2 Å². The average molecular weight is 221 g/mol. The van der Waals surface area contributed by atoms with E-state index in [4.69, 9.17) is 5.11 Å². The van der Waals surface area contributed by atoms with Gasteiger partial charge in [-0.3, -0.25) is 0 Å². The van der Waals surface area contributed by atoms with Crippen molar-refractivity contribution in [2.24, 2.45) is 0 Å². The van der Waals surface area contributed by atoms with Crippen LogP contribution in [0.25, 0.3) is 0 Å². The van der Waals surface area contributed by atoms with Crippen molar-refractivity contribution in [1.82, 2.24) is 0 Å². The third-order valence-electron chi connectivity index (χ3n) is 2.69. The van der Waals surface area contributed by atoms with Gasteiger partial charge in [-0.25, -0.2) is 0 Å². The fourth-order valence-corrected chi connectivity index (χ4v) is 1.76. The van der Waals surface area contributed by atoms with Gasteiger partial charge in [-0.15, -0.1) is 0 Å². The number of benzene rings is 1. The van der Waals surface area contributed by atoms with E-state index in [0.29, 0.717) is 6.61 Å². The lowest BCUT2D eigenvalue weighted by atomic mass is 10.0. The molecule has 2 N–H and O–H groups in total. The second-order valence-electron chi connectivity index (χ2n) is 4.27. The van der Waals surface area contributed by atoms with Crippen LogP contribution >= 0.6 is 0 Å². The number of aliphatic hydroxyl groups is 1. The van der Waals surface area contributed by atoms with Crippen LogP contribution in [0.3, 0.4) is 0 Å². The molecule has 0 saturated carbocycles. The number of aryl methyl sites for hydroxylation is 2. The van der Waals surface area contributed by atoms with Gasteiger partial charge < -0.3 is 10.4 Å². The van der Waals surface area contributed by atoms with Gasteiger partial charge in [-0.2, -0.15) is 0 Å². The number of hydrogen-bond acceptors (Lipinski definition) is 2. The molecule has 0 heterocycles. The van der Waals surface area contributed by atoms with Crippen LogP contribution in [0.1, 0.15) is 37.3 Å². The Hall–Kier alpha value is -1.02. The molecule has 2 heteroatoms. The lowest BCUT2D eigenvalue weighted by Crippen LogP contribution is -2.03. The minimum absolute atomic E-state index is 0.295. The molecule has 0 amide bonds. The van der Waals surface area contributed by atoms with Crippen LogP contribution in [0, 0.1) is 6.92 Å². The van der Waals surface area contributed by atoms with Gasteiger partial charge in [0.05, 0.1) is 0 Å². The second kappa shape index (κ2) is 7.29. The van der Waals surface area contributed by atoms with Gasteiger partial charge >= 0.3 is 0 Å². The van der Waals surface area contributed by atoms with E-state index >= 15 is 0 Å². The Kier molecular flexibility index (Phi) is 5.94. The fourth-order valence-electron chi connectivity index (χ4n) is 1.76. The fraction of sp³-hybridized carbons (Fsp3) is 0.571. The topological polar surface area (TPSA) is 32.3 Å². The van der Waals surface area contributed by atoms with Crippen molar-refractivity contribution >= 4 is 5.69 Å². The van der Waals surface area contributed by atoms with Crippen molar-refractivity contribution < 1.29 is 5.11 Å². The third kappa shape index (κ3) is 4.23. The van der Waals surface area contributed by atoms with E-state index in [1.807, 2.05) is 0 Å². The zero-order valence-electron chi connectivity index (χ0n) is 10.4. The van der Waals surface area contributed by atoms with E-state index in [2.05, 4.69) is 37.4 Å². The molecule has 0 aromatic heterocycles. The molecular formula is C14H23NO. The molecule has 0 atom stereocenters. The molecular weight excluding hydrogens is 198 g/mol. The van der Waals surface area contributed by atoms with E-state index < -0.39 is 0 Å². The Bertz CT molecular complexity index is 310. The summed E-state index contributed by atoms with van der Waals surface area (Å²) in [4.78, 5) is 0. The highest BCUT2D eigenvalue weighted by atomic mass is 16.2. The van der Waals surface area contributed by atoms with Gasteiger partial charge in [0.15, 0.2) is 0 Å². The average Bonchev–Trinajstić information content (AvgIpc) is 2.29. The highest BCUT2D eigenvalue weighted by molar-refractivity contribution is 5.53. The van der Waals surface area contributed by atoms with Gasteiger partial charge in [-0.05, 0) is 49.8 Å². The van der Waals surface area contributed by atoms with Crippen molar-refractivity contribution in [2.45, 2.75) is 39.5 Å². The number of aliphatic hydroxyl groups excluding tert-OH is 1. The molecule has 0 bridgehead atoms. The summed E-state index contributed by atoms with van der Waals surface area (Å²) in [7, 11) is 0. The Morgan fingerprint density at radius 3 is 2.75 bits per heavy atom. The first-order valence-electron chi connectivity index (χ1n) is 6.22. The highest BCUT2D eigenvalue weighted by Crippen LogP contribution is 2.19. The van der Waals surface area contributed by atoms with Crippen molar-refractivity contribution in [1.29, 1.82) is 0 Å². The number of rotatable bonds is 7. The summed E-state index contributed by atoms with van der Waals surface area (Å²) in [5, 5.41) is 12.3. The summed E-state index contributed by atoms with van der Waals surface area (Å²) in [5.74, 6) is 0. The van der Waals surface area contributed by atoms with Crippen LogP contribution in [0.2, 0.25) is 0 Å². The molecule has 0 saturated heterocycles. The first kappa shape index (κ1) is 13.0. The summed E-state index contributed by atoms with van der Waals surface area (Å²) in [6.45, 7) is 5.61. The summed E-state index contributed by atoms with van der Waals surface area (Å²) in [5.41, 5.74) is 3.93. The van der Waals surface area contributed by atoms with E-state index in [-0.39, 0.29) is 0 Å². The van der Waals surface area contributed by atoms with Crippen molar-refractivity contribution in [3.8, 4) is 0 Å². The molecule has 16 heavy (non-hydrogen) atoms. The number of hydrogen-bond donors (Lipinski definition) is 2. The van der Waals surface area contributed by atoms with Gasteiger partial charge in [0.25, 0.3) is 0 Å². The molecule has 1 aromatic carbocycles. The third-order valence-corrected chi connectivity index (χ3v) is 2.69. The zero-order valence-corrected chi connectivity index (χ0v) is 10.4. The maximum Gasteiger partial charge on any atom is 0.0431 e. The first-order chi connectivity index (χ1) is 7.77. The normalized spacial score (nSPS) is 10.4. The Balaban J connectivity index is 2.64. The summed E-state index contributed by atoms with van der Waals surface area (Å²) in [6, 6.07) is 6.57. The van der Waals surface area contributed by atoms with E-state index in [1.165, 1.54) is 16.8 Å². The molecule has 0 spiro atoms. The summed E-state index contributed by atoms with van der Waals surface area (Å²) < 4.78 is 0. The van der Waals surface area contributed by atoms with Crippen LogP contribution in [0.15, 0.2) is 18.2 Å². The van der Waals surface area contributed by atoms with Crippen LogP contribution in [-0.4, -0.2) is 18.3 Å². The minimum atomic E-state index is 0.295. The maximum absolute atomic E-state index is 8.78. The number of unbranched alkanes of at least 4 members (excludes halogenated alkanes) is 1. The SMILES string of the molecule is CCCNc1cc(C)ccc1CCCCO. The largest absolute Gasteiger partial charge is 0.396 e. The van der Waals surface area contributed by atoms with Gasteiger partial charge in [-0.1, -0.05) is 19.1 Å². The molecule has 0 aliphatic carbocycles. The maximum atomic E-state index is 8.78. The molecule has 1 rings (SSSR count). The Labute approximate surface area is 98.7 Å². The Morgan fingerprint density at radius 1 is 1.25 bits per heavy atom. The van der Waals surface area contributed by atoms with Crippen molar-refractivity contribution in [3.05, 3.63) is 29.3 Å². The summed E-state index contributed by atoms with van der Waals surface area (Å²) >= 11 is 0. The van der Waals surface area contributed by atoms with E-state index in [1.54, 1.807) is 0 Å². The second-order valence-corrected chi connectivity index (χ2v) is 4.27. The predicted molar refractivity (Wildman–Crippen MR) is 70.0 cm³/mol. The molecule has 0 radical (unpaired) electrons. The van der Waals surface area contributed by atoms with Gasteiger partial charge in [0.1, 0.15) is 0 Å². The number of nitrogens with one attached hydrogen (secondary N) is 1. The molecule has 90 valence electrons. The van der Waals surface area contributed by atoms with Gasteiger partial charge in [0.2, 0.25) is 0 Å². The van der Waals surface area contributed by atoms with Crippen molar-refractivity contribution in [3.63, 3.8) is 0 Å². The van der Waals surface area contributed by atoms with Crippen LogP contribution < -0.4 is 5.32 Å². The number of anilines is 1. The zero-order chi connectivity index (χ0) is 11.8. The monoisotopic (exact) mass is 221 g/mol. The predicted octanol–water partition coefficient (Wildman–Crippen LogP) is 3.13. The molecule has 0 unspecified atom stereocenters. The van der Waals surface area contributed by atoms with Crippen LogP contribution in [-0.2, 0) is 6.42 Å². The van der Waals surface area contributed by atoms with Crippen molar-refractivity contribution in [2.75, 3.05) is 18.5 Å². The Morgan fingerprint density at radius 2 is 2.06 bits per heavy atom. The van der Waals surface area contributed by atoms with Crippen LogP contribution in [0.5, 0.6) is 0 Å². The van der Waals surface area contributed by atoms with E-state index in [9.17, 15) is 0 Å². The first-order valence-corrected chi connectivity index (χ1v) is 6.22. The lowest BCUT2D eigenvalue weighted by molar-refractivity contribution is 0.284. The lowest BCUT2D eigenvalue weighted by Gasteiger charge is -2.12. The molecule has 0 aliphatic rings. The smallest absolute Gasteiger partial charge is 0.0431 e. The quantitative estimate of drug-likeness (QED) is 0.693. The summed E-state index contributed by atoms with van der Waals surface area (Å²) in [6.07, 6.45) is 4.14. The molecule has 0 fully saturated rings.